The van der Waals surface area contributed by atoms with Crippen LogP contribution in [-0.4, -0.2) is 17.0 Å². The van der Waals surface area contributed by atoms with E-state index in [0.717, 1.165) is 25.7 Å². The zero-order valence-corrected chi connectivity index (χ0v) is 8.34. The summed E-state index contributed by atoms with van der Waals surface area (Å²) in [6.45, 7) is 5.64. The quantitative estimate of drug-likeness (QED) is 0.658. The van der Waals surface area contributed by atoms with Crippen molar-refractivity contribution >= 4 is 5.78 Å². The summed E-state index contributed by atoms with van der Waals surface area (Å²) in [5, 5.41) is 9.10. The van der Waals surface area contributed by atoms with Crippen LogP contribution in [0.1, 0.15) is 46.5 Å². The van der Waals surface area contributed by atoms with Crippen LogP contribution in [0.5, 0.6) is 0 Å². The minimum Gasteiger partial charge on any atom is -0.393 e. The fourth-order valence-corrected chi connectivity index (χ4v) is 1.48. The molecule has 1 rings (SSSR count). The predicted molar refractivity (Wildman–Crippen MR) is 50.0 cm³/mol. The first kappa shape index (κ1) is 11.6. The third kappa shape index (κ3) is 3.86. The van der Waals surface area contributed by atoms with Crippen LogP contribution in [0.4, 0.5) is 0 Å². The Morgan fingerprint density at radius 3 is 1.92 bits per heavy atom. The summed E-state index contributed by atoms with van der Waals surface area (Å²) in [4.78, 5) is 10.8. The molecule has 0 aromatic carbocycles. The number of hydrogen-bond acceptors (Lipinski definition) is 2. The van der Waals surface area contributed by atoms with Gasteiger partial charge in [-0.3, -0.25) is 4.79 Å². The van der Waals surface area contributed by atoms with Crippen molar-refractivity contribution in [2.24, 2.45) is 5.92 Å². The first-order valence-corrected chi connectivity index (χ1v) is 4.88. The van der Waals surface area contributed by atoms with Crippen LogP contribution in [0.3, 0.4) is 0 Å². The standard InChI is InChI=1S/C8H14O2.C2H6/c1-6(9)7-2-4-8(10)5-3-7;1-2/h7-8,10H,2-5H2,1H3;1-2H3. The molecule has 0 aromatic heterocycles. The SMILES string of the molecule is CC.CC(=O)C1CCC(O)CC1. The third-order valence-electron chi connectivity index (χ3n) is 2.27. The first-order valence-electron chi connectivity index (χ1n) is 4.88. The van der Waals surface area contributed by atoms with Crippen molar-refractivity contribution in [3.05, 3.63) is 0 Å². The Bertz CT molecular complexity index is 124. The second-order valence-corrected chi connectivity index (χ2v) is 3.12. The molecule has 1 fully saturated rings. The van der Waals surface area contributed by atoms with Gasteiger partial charge in [0.2, 0.25) is 0 Å². The van der Waals surface area contributed by atoms with Crippen LogP contribution < -0.4 is 0 Å². The molecule has 0 saturated heterocycles. The maximum absolute atomic E-state index is 10.8. The Morgan fingerprint density at radius 2 is 1.58 bits per heavy atom. The maximum atomic E-state index is 10.8. The average molecular weight is 172 g/mol. The fourth-order valence-electron chi connectivity index (χ4n) is 1.48. The Hall–Kier alpha value is -0.370. The highest BCUT2D eigenvalue weighted by Gasteiger charge is 2.21. The van der Waals surface area contributed by atoms with E-state index in [9.17, 15) is 4.79 Å². The Labute approximate surface area is 75.0 Å². The molecule has 1 aliphatic rings. The van der Waals surface area contributed by atoms with Gasteiger partial charge in [-0.1, -0.05) is 13.8 Å². The highest BCUT2D eigenvalue weighted by Crippen LogP contribution is 2.24. The van der Waals surface area contributed by atoms with Crippen LogP contribution in [0.25, 0.3) is 0 Å². The summed E-state index contributed by atoms with van der Waals surface area (Å²) >= 11 is 0. The van der Waals surface area contributed by atoms with Crippen LogP contribution in [0, 0.1) is 5.92 Å². The van der Waals surface area contributed by atoms with Crippen molar-refractivity contribution in [1.29, 1.82) is 0 Å². The lowest BCUT2D eigenvalue weighted by molar-refractivity contribution is -0.122. The summed E-state index contributed by atoms with van der Waals surface area (Å²) in [5.74, 6) is 0.523. The van der Waals surface area contributed by atoms with Gasteiger partial charge in [-0.2, -0.15) is 0 Å². The second kappa shape index (κ2) is 6.18. The topological polar surface area (TPSA) is 37.3 Å². The number of aliphatic hydroxyl groups excluding tert-OH is 1. The van der Waals surface area contributed by atoms with Crippen LogP contribution in [-0.2, 0) is 4.79 Å². The molecule has 2 heteroatoms. The van der Waals surface area contributed by atoms with Gasteiger partial charge in [-0.05, 0) is 32.6 Å². The molecule has 2 nitrogen and oxygen atoms in total. The molecule has 12 heavy (non-hydrogen) atoms. The van der Waals surface area contributed by atoms with Crippen LogP contribution in [0.2, 0.25) is 0 Å². The van der Waals surface area contributed by atoms with Gasteiger partial charge in [0.15, 0.2) is 0 Å². The molecule has 0 aliphatic heterocycles. The lowest BCUT2D eigenvalue weighted by atomic mass is 9.85. The maximum Gasteiger partial charge on any atom is 0.132 e. The molecule has 72 valence electrons. The summed E-state index contributed by atoms with van der Waals surface area (Å²) in [7, 11) is 0. The number of ketones is 1. The minimum absolute atomic E-state index is 0.143. The third-order valence-corrected chi connectivity index (χ3v) is 2.27. The monoisotopic (exact) mass is 172 g/mol. The Morgan fingerprint density at radius 1 is 1.17 bits per heavy atom. The van der Waals surface area contributed by atoms with Gasteiger partial charge >= 0.3 is 0 Å². The Balaban J connectivity index is 0.000000561. The van der Waals surface area contributed by atoms with Gasteiger partial charge in [-0.25, -0.2) is 0 Å². The highest BCUT2D eigenvalue weighted by molar-refractivity contribution is 5.78. The van der Waals surface area contributed by atoms with E-state index in [-0.39, 0.29) is 17.8 Å². The number of carbonyl (C=O) groups is 1. The smallest absolute Gasteiger partial charge is 0.132 e. The second-order valence-electron chi connectivity index (χ2n) is 3.12. The van der Waals surface area contributed by atoms with E-state index in [1.807, 2.05) is 13.8 Å². The van der Waals surface area contributed by atoms with Crippen molar-refractivity contribution in [3.8, 4) is 0 Å². The molecule has 0 heterocycles. The van der Waals surface area contributed by atoms with Crippen molar-refractivity contribution in [3.63, 3.8) is 0 Å². The largest absolute Gasteiger partial charge is 0.393 e. The zero-order chi connectivity index (χ0) is 9.56. The molecule has 1 N–H and O–H groups in total. The normalized spacial score (nSPS) is 28.7. The number of carbonyl (C=O) groups excluding carboxylic acids is 1. The first-order chi connectivity index (χ1) is 5.70. The molecule has 0 unspecified atom stereocenters. The fraction of sp³-hybridized carbons (Fsp3) is 0.900. The van der Waals surface area contributed by atoms with Gasteiger partial charge in [0.1, 0.15) is 5.78 Å². The molecular weight excluding hydrogens is 152 g/mol. The lowest BCUT2D eigenvalue weighted by Crippen LogP contribution is -2.22. The zero-order valence-electron chi connectivity index (χ0n) is 8.34. The molecule has 0 amide bonds. The summed E-state index contributed by atoms with van der Waals surface area (Å²) in [6, 6.07) is 0. The molecule has 0 atom stereocenters. The Kier molecular flexibility index (Phi) is 5.99. The van der Waals surface area contributed by atoms with Gasteiger partial charge in [0, 0.05) is 5.92 Å². The highest BCUT2D eigenvalue weighted by atomic mass is 16.3. The van der Waals surface area contributed by atoms with Crippen LogP contribution in [0.15, 0.2) is 0 Å². The van der Waals surface area contributed by atoms with E-state index >= 15 is 0 Å². The van der Waals surface area contributed by atoms with E-state index in [1.165, 1.54) is 0 Å². The average Bonchev–Trinajstić information content (AvgIpc) is 2.09. The molecule has 0 radical (unpaired) electrons. The minimum atomic E-state index is -0.143. The van der Waals surface area contributed by atoms with Crippen molar-refractivity contribution in [2.75, 3.05) is 0 Å². The number of rotatable bonds is 1. The molecule has 1 saturated carbocycles. The number of hydrogen-bond donors (Lipinski definition) is 1. The van der Waals surface area contributed by atoms with Gasteiger partial charge < -0.3 is 5.11 Å². The van der Waals surface area contributed by atoms with Crippen LogP contribution >= 0.6 is 0 Å². The molecular formula is C10H20O2. The van der Waals surface area contributed by atoms with Gasteiger partial charge in [-0.15, -0.1) is 0 Å². The molecule has 0 aromatic rings. The van der Waals surface area contributed by atoms with Crippen molar-refractivity contribution in [1.82, 2.24) is 0 Å². The molecule has 0 bridgehead atoms. The van der Waals surface area contributed by atoms with E-state index in [4.69, 9.17) is 5.11 Å². The van der Waals surface area contributed by atoms with Gasteiger partial charge in [0.25, 0.3) is 0 Å². The van der Waals surface area contributed by atoms with E-state index < -0.39 is 0 Å². The number of Topliss-reactive ketones (excluding diaryl/α,β-unsaturated/α-hetero) is 1. The van der Waals surface area contributed by atoms with Gasteiger partial charge in [0.05, 0.1) is 6.10 Å². The molecule has 0 spiro atoms. The van der Waals surface area contributed by atoms with E-state index in [1.54, 1.807) is 6.92 Å². The van der Waals surface area contributed by atoms with Crippen molar-refractivity contribution in [2.45, 2.75) is 52.6 Å². The number of aliphatic hydroxyl groups is 1. The summed E-state index contributed by atoms with van der Waals surface area (Å²) < 4.78 is 0. The lowest BCUT2D eigenvalue weighted by Gasteiger charge is -2.22. The van der Waals surface area contributed by atoms with E-state index in [2.05, 4.69) is 0 Å². The molecule has 1 aliphatic carbocycles. The summed E-state index contributed by atoms with van der Waals surface area (Å²) in [5.41, 5.74) is 0. The predicted octanol–water partition coefficient (Wildman–Crippen LogP) is 2.15. The van der Waals surface area contributed by atoms with Crippen molar-refractivity contribution < 1.29 is 9.90 Å². The van der Waals surface area contributed by atoms with E-state index in [0.29, 0.717) is 0 Å². The summed E-state index contributed by atoms with van der Waals surface area (Å²) in [6.07, 6.45) is 3.25.